The second-order valence-electron chi connectivity index (χ2n) is 9.52. The first-order chi connectivity index (χ1) is 15.4. The van der Waals surface area contributed by atoms with Crippen LogP contribution in [0.5, 0.6) is 0 Å². The molecule has 1 unspecified atom stereocenters. The molecule has 1 aliphatic carbocycles. The number of sulfonamides is 1. The SMILES string of the molecule is CC1CCCCN1S(=O)(=O)c1cccc(C(=O)N2CCN(C(=O)CC3CCCC3)CC2)c1. The van der Waals surface area contributed by atoms with Gasteiger partial charge in [0.1, 0.15) is 0 Å². The molecule has 0 spiro atoms. The van der Waals surface area contributed by atoms with Crippen LogP contribution in [0.2, 0.25) is 0 Å². The zero-order valence-corrected chi connectivity index (χ0v) is 19.9. The Hall–Kier alpha value is -1.93. The van der Waals surface area contributed by atoms with Crippen molar-refractivity contribution in [3.63, 3.8) is 0 Å². The van der Waals surface area contributed by atoms with Crippen LogP contribution in [0.4, 0.5) is 0 Å². The number of rotatable bonds is 5. The van der Waals surface area contributed by atoms with E-state index < -0.39 is 10.0 Å². The molecule has 7 nitrogen and oxygen atoms in total. The van der Waals surface area contributed by atoms with Gasteiger partial charge in [-0.25, -0.2) is 8.42 Å². The van der Waals surface area contributed by atoms with Crippen LogP contribution in [-0.2, 0) is 14.8 Å². The maximum Gasteiger partial charge on any atom is 0.254 e. The number of piperidine rings is 1. The molecular formula is C24H35N3O4S. The molecule has 2 heterocycles. The van der Waals surface area contributed by atoms with Crippen molar-refractivity contribution < 1.29 is 18.0 Å². The van der Waals surface area contributed by atoms with Crippen molar-refractivity contribution >= 4 is 21.8 Å². The Bertz CT molecular complexity index is 934. The summed E-state index contributed by atoms with van der Waals surface area (Å²) in [5, 5.41) is 0. The molecular weight excluding hydrogens is 426 g/mol. The van der Waals surface area contributed by atoms with Crippen molar-refractivity contribution in [2.24, 2.45) is 5.92 Å². The Balaban J connectivity index is 1.38. The first kappa shape index (κ1) is 23.2. The van der Waals surface area contributed by atoms with Crippen molar-refractivity contribution in [1.82, 2.24) is 14.1 Å². The second kappa shape index (κ2) is 9.91. The molecule has 2 aliphatic heterocycles. The van der Waals surface area contributed by atoms with Crippen molar-refractivity contribution in [3.05, 3.63) is 29.8 Å². The molecule has 2 amide bonds. The number of piperazine rings is 1. The van der Waals surface area contributed by atoms with Gasteiger partial charge in [-0.15, -0.1) is 0 Å². The highest BCUT2D eigenvalue weighted by molar-refractivity contribution is 7.89. The molecule has 1 atom stereocenters. The molecule has 2 saturated heterocycles. The topological polar surface area (TPSA) is 78.0 Å². The molecule has 4 rings (SSSR count). The molecule has 0 N–H and O–H groups in total. The first-order valence-electron chi connectivity index (χ1n) is 12.1. The lowest BCUT2D eigenvalue weighted by Gasteiger charge is -2.35. The summed E-state index contributed by atoms with van der Waals surface area (Å²) >= 11 is 0. The summed E-state index contributed by atoms with van der Waals surface area (Å²) in [6, 6.07) is 6.39. The fourth-order valence-electron chi connectivity index (χ4n) is 5.29. The average Bonchev–Trinajstić information content (AvgIpc) is 3.32. The van der Waals surface area contributed by atoms with Crippen molar-refractivity contribution in [2.75, 3.05) is 32.7 Å². The molecule has 3 aliphatic rings. The van der Waals surface area contributed by atoms with Gasteiger partial charge in [-0.1, -0.05) is 25.3 Å². The number of hydrogen-bond donors (Lipinski definition) is 0. The predicted octanol–water partition coefficient (Wildman–Crippen LogP) is 3.11. The number of hydrogen-bond acceptors (Lipinski definition) is 4. The third-order valence-electron chi connectivity index (χ3n) is 7.29. The van der Waals surface area contributed by atoms with Gasteiger partial charge < -0.3 is 9.80 Å². The van der Waals surface area contributed by atoms with Gasteiger partial charge >= 0.3 is 0 Å². The predicted molar refractivity (Wildman–Crippen MR) is 123 cm³/mol. The Morgan fingerprint density at radius 3 is 2.25 bits per heavy atom. The van der Waals surface area contributed by atoms with Crippen molar-refractivity contribution in [3.8, 4) is 0 Å². The Morgan fingerprint density at radius 1 is 0.906 bits per heavy atom. The molecule has 0 aromatic heterocycles. The second-order valence-corrected chi connectivity index (χ2v) is 11.4. The van der Waals surface area contributed by atoms with Crippen molar-refractivity contribution in [1.29, 1.82) is 0 Å². The van der Waals surface area contributed by atoms with Gasteiger partial charge in [-0.05, 0) is 56.7 Å². The highest BCUT2D eigenvalue weighted by Crippen LogP contribution is 2.28. The number of benzene rings is 1. The van der Waals surface area contributed by atoms with E-state index in [0.29, 0.717) is 50.6 Å². The zero-order valence-electron chi connectivity index (χ0n) is 19.0. The van der Waals surface area contributed by atoms with E-state index in [1.165, 1.54) is 18.9 Å². The minimum Gasteiger partial charge on any atom is -0.339 e. The normalized spacial score (nSPS) is 23.5. The van der Waals surface area contributed by atoms with E-state index in [1.54, 1.807) is 27.4 Å². The molecule has 1 saturated carbocycles. The van der Waals surface area contributed by atoms with Crippen LogP contribution in [0, 0.1) is 5.92 Å². The van der Waals surface area contributed by atoms with Gasteiger partial charge in [0.15, 0.2) is 0 Å². The van der Waals surface area contributed by atoms with Crippen molar-refractivity contribution in [2.45, 2.75) is 69.2 Å². The van der Waals surface area contributed by atoms with Gasteiger partial charge in [0.05, 0.1) is 4.90 Å². The fraction of sp³-hybridized carbons (Fsp3) is 0.667. The van der Waals surface area contributed by atoms with Crippen LogP contribution >= 0.6 is 0 Å². The third kappa shape index (κ3) is 5.01. The number of amides is 2. The van der Waals surface area contributed by atoms with E-state index in [4.69, 9.17) is 0 Å². The summed E-state index contributed by atoms with van der Waals surface area (Å²) in [6.07, 6.45) is 8.16. The van der Waals surface area contributed by atoms with E-state index in [9.17, 15) is 18.0 Å². The minimum atomic E-state index is -3.62. The highest BCUT2D eigenvalue weighted by Gasteiger charge is 2.32. The van der Waals surface area contributed by atoms with Gasteiger partial charge in [-0.2, -0.15) is 4.31 Å². The Morgan fingerprint density at radius 2 is 1.56 bits per heavy atom. The molecule has 176 valence electrons. The standard InChI is InChI=1S/C24H35N3O4S/c1-19-7-4-5-12-27(19)32(30,31)22-11-6-10-21(18-22)24(29)26-15-13-25(14-16-26)23(28)17-20-8-2-3-9-20/h6,10-11,18-20H,2-5,7-9,12-17H2,1H3. The summed E-state index contributed by atoms with van der Waals surface area (Å²) in [5.41, 5.74) is 0.390. The number of carbonyl (C=O) groups is 2. The maximum atomic E-state index is 13.2. The average molecular weight is 462 g/mol. The molecule has 3 fully saturated rings. The monoisotopic (exact) mass is 461 g/mol. The van der Waals surface area contributed by atoms with Crippen LogP contribution in [0.1, 0.15) is 68.6 Å². The lowest BCUT2D eigenvalue weighted by Crippen LogP contribution is -2.50. The molecule has 1 aromatic carbocycles. The molecule has 0 radical (unpaired) electrons. The van der Waals surface area contributed by atoms with Gasteiger partial charge in [0.2, 0.25) is 15.9 Å². The Labute approximate surface area is 191 Å². The summed E-state index contributed by atoms with van der Waals surface area (Å²) < 4.78 is 27.9. The summed E-state index contributed by atoms with van der Waals surface area (Å²) in [6.45, 7) is 4.52. The van der Waals surface area contributed by atoms with E-state index in [-0.39, 0.29) is 22.8 Å². The zero-order chi connectivity index (χ0) is 22.7. The highest BCUT2D eigenvalue weighted by atomic mass is 32.2. The molecule has 8 heteroatoms. The van der Waals surface area contributed by atoms with Gasteiger partial charge in [0, 0.05) is 50.7 Å². The number of carbonyl (C=O) groups excluding carboxylic acids is 2. The first-order valence-corrected chi connectivity index (χ1v) is 13.5. The number of nitrogens with zero attached hydrogens (tertiary/aromatic N) is 3. The fourth-order valence-corrected chi connectivity index (χ4v) is 7.03. The molecule has 1 aromatic rings. The lowest BCUT2D eigenvalue weighted by molar-refractivity contribution is -0.133. The van der Waals surface area contributed by atoms with E-state index in [0.717, 1.165) is 32.1 Å². The van der Waals surface area contributed by atoms with E-state index >= 15 is 0 Å². The van der Waals surface area contributed by atoms with Crippen LogP contribution < -0.4 is 0 Å². The largest absolute Gasteiger partial charge is 0.339 e. The summed E-state index contributed by atoms with van der Waals surface area (Å²) in [7, 11) is -3.62. The maximum absolute atomic E-state index is 13.2. The van der Waals surface area contributed by atoms with Crippen LogP contribution in [0.3, 0.4) is 0 Å². The van der Waals surface area contributed by atoms with Crippen LogP contribution in [0.15, 0.2) is 29.2 Å². The van der Waals surface area contributed by atoms with Crippen LogP contribution in [-0.4, -0.2) is 73.1 Å². The van der Waals surface area contributed by atoms with Gasteiger partial charge in [0.25, 0.3) is 5.91 Å². The molecule has 0 bridgehead atoms. The third-order valence-corrected chi connectivity index (χ3v) is 9.30. The summed E-state index contributed by atoms with van der Waals surface area (Å²) in [5.74, 6) is 0.554. The van der Waals surface area contributed by atoms with E-state index in [1.807, 2.05) is 11.8 Å². The lowest BCUT2D eigenvalue weighted by atomic mass is 10.0. The summed E-state index contributed by atoms with van der Waals surface area (Å²) in [4.78, 5) is 29.5. The minimum absolute atomic E-state index is 0.0250. The quantitative estimate of drug-likeness (QED) is 0.675. The molecule has 32 heavy (non-hydrogen) atoms. The smallest absolute Gasteiger partial charge is 0.254 e. The Kier molecular flexibility index (Phi) is 7.20. The van der Waals surface area contributed by atoms with E-state index in [2.05, 4.69) is 0 Å². The van der Waals surface area contributed by atoms with Crippen LogP contribution in [0.25, 0.3) is 0 Å². The van der Waals surface area contributed by atoms with Gasteiger partial charge in [-0.3, -0.25) is 9.59 Å².